The van der Waals surface area contributed by atoms with Crippen molar-refractivity contribution in [1.82, 2.24) is 9.97 Å². The zero-order chi connectivity index (χ0) is 15.1. The molecule has 1 heterocycles. The molecule has 4 heteroatoms. The van der Waals surface area contributed by atoms with Gasteiger partial charge in [-0.3, -0.25) is 0 Å². The number of hydrogen-bond donors (Lipinski definition) is 2. The van der Waals surface area contributed by atoms with Gasteiger partial charge in [-0.2, -0.15) is 0 Å². The van der Waals surface area contributed by atoms with Gasteiger partial charge in [-0.25, -0.2) is 9.97 Å². The molecule has 1 fully saturated rings. The zero-order valence-electron chi connectivity index (χ0n) is 13.8. The molecule has 0 spiro atoms. The van der Waals surface area contributed by atoms with Crippen LogP contribution in [0, 0.1) is 5.92 Å². The summed E-state index contributed by atoms with van der Waals surface area (Å²) in [4.78, 5) is 9.19. The van der Waals surface area contributed by atoms with Crippen LogP contribution in [0.15, 0.2) is 6.07 Å². The Balaban J connectivity index is 2.03. The van der Waals surface area contributed by atoms with Crippen LogP contribution >= 0.6 is 0 Å². The molecule has 2 rings (SSSR count). The van der Waals surface area contributed by atoms with Gasteiger partial charge in [0.15, 0.2) is 0 Å². The van der Waals surface area contributed by atoms with Gasteiger partial charge in [-0.1, -0.05) is 40.0 Å². The molecule has 0 bridgehead atoms. The highest BCUT2D eigenvalue weighted by atomic mass is 15.1. The van der Waals surface area contributed by atoms with Crippen LogP contribution in [-0.2, 0) is 6.42 Å². The maximum absolute atomic E-state index is 4.64. The third-order valence-corrected chi connectivity index (χ3v) is 4.36. The standard InChI is InChI=1S/C17H30N4/c1-4-10-18-16-12-17(21-15(6-3)20-16)19-14-9-7-8-13(5-2)11-14/h12-14H,4-11H2,1-3H3,(H2,18,19,20,21). The average molecular weight is 290 g/mol. The summed E-state index contributed by atoms with van der Waals surface area (Å²) in [6, 6.07) is 2.63. The minimum Gasteiger partial charge on any atom is -0.370 e. The molecule has 2 atom stereocenters. The Bertz CT molecular complexity index is 433. The van der Waals surface area contributed by atoms with Crippen LogP contribution in [0.5, 0.6) is 0 Å². The van der Waals surface area contributed by atoms with E-state index in [1.165, 1.54) is 32.1 Å². The molecule has 118 valence electrons. The van der Waals surface area contributed by atoms with Crippen LogP contribution in [-0.4, -0.2) is 22.6 Å². The van der Waals surface area contributed by atoms with Crippen LogP contribution in [0.1, 0.15) is 65.1 Å². The predicted molar refractivity (Wildman–Crippen MR) is 89.9 cm³/mol. The van der Waals surface area contributed by atoms with Crippen molar-refractivity contribution in [2.75, 3.05) is 17.2 Å². The average Bonchev–Trinajstić information content (AvgIpc) is 2.52. The second kappa shape index (κ2) is 8.20. The van der Waals surface area contributed by atoms with Crippen molar-refractivity contribution in [3.05, 3.63) is 11.9 Å². The summed E-state index contributed by atoms with van der Waals surface area (Å²) in [5.74, 6) is 3.74. The van der Waals surface area contributed by atoms with E-state index in [1.807, 2.05) is 0 Å². The van der Waals surface area contributed by atoms with E-state index >= 15 is 0 Å². The molecule has 0 radical (unpaired) electrons. The van der Waals surface area contributed by atoms with Crippen molar-refractivity contribution in [2.45, 2.75) is 71.8 Å². The van der Waals surface area contributed by atoms with E-state index in [0.29, 0.717) is 6.04 Å². The maximum atomic E-state index is 4.64. The summed E-state index contributed by atoms with van der Waals surface area (Å²) in [6.07, 6.45) is 8.54. The highest BCUT2D eigenvalue weighted by Gasteiger charge is 2.21. The molecule has 2 unspecified atom stereocenters. The zero-order valence-corrected chi connectivity index (χ0v) is 13.8. The van der Waals surface area contributed by atoms with Crippen LogP contribution in [0.25, 0.3) is 0 Å². The molecule has 1 aliphatic carbocycles. The fourth-order valence-electron chi connectivity index (χ4n) is 3.07. The van der Waals surface area contributed by atoms with Gasteiger partial charge >= 0.3 is 0 Å². The molecule has 0 aromatic carbocycles. The van der Waals surface area contributed by atoms with Gasteiger partial charge in [-0.15, -0.1) is 0 Å². The number of aromatic nitrogens is 2. The number of hydrogen-bond acceptors (Lipinski definition) is 4. The van der Waals surface area contributed by atoms with E-state index in [-0.39, 0.29) is 0 Å². The Morgan fingerprint density at radius 2 is 1.95 bits per heavy atom. The highest BCUT2D eigenvalue weighted by molar-refractivity contribution is 5.48. The Labute approximate surface area is 129 Å². The van der Waals surface area contributed by atoms with Crippen molar-refractivity contribution in [1.29, 1.82) is 0 Å². The molecule has 1 aliphatic rings. The smallest absolute Gasteiger partial charge is 0.132 e. The molecular formula is C17H30N4. The fraction of sp³-hybridized carbons (Fsp3) is 0.765. The Morgan fingerprint density at radius 3 is 2.67 bits per heavy atom. The van der Waals surface area contributed by atoms with Crippen molar-refractivity contribution in [3.63, 3.8) is 0 Å². The van der Waals surface area contributed by atoms with Gasteiger partial charge < -0.3 is 10.6 Å². The van der Waals surface area contributed by atoms with Crippen molar-refractivity contribution in [3.8, 4) is 0 Å². The minimum atomic E-state index is 0.572. The lowest BCUT2D eigenvalue weighted by Crippen LogP contribution is -2.27. The number of anilines is 2. The first kappa shape index (κ1) is 16.1. The summed E-state index contributed by atoms with van der Waals surface area (Å²) in [6.45, 7) is 7.54. The molecule has 21 heavy (non-hydrogen) atoms. The van der Waals surface area contributed by atoms with E-state index in [2.05, 4.69) is 47.4 Å². The maximum Gasteiger partial charge on any atom is 0.132 e. The van der Waals surface area contributed by atoms with Crippen LogP contribution in [0.4, 0.5) is 11.6 Å². The van der Waals surface area contributed by atoms with Gasteiger partial charge in [-0.05, 0) is 25.2 Å². The van der Waals surface area contributed by atoms with Crippen molar-refractivity contribution >= 4 is 11.6 Å². The summed E-state index contributed by atoms with van der Waals surface area (Å²) < 4.78 is 0. The third kappa shape index (κ3) is 4.87. The largest absolute Gasteiger partial charge is 0.370 e. The monoisotopic (exact) mass is 290 g/mol. The summed E-state index contributed by atoms with van der Waals surface area (Å²) in [7, 11) is 0. The number of aryl methyl sites for hydroxylation is 1. The second-order valence-corrected chi connectivity index (χ2v) is 6.12. The van der Waals surface area contributed by atoms with Gasteiger partial charge in [0.1, 0.15) is 17.5 Å². The van der Waals surface area contributed by atoms with E-state index in [4.69, 9.17) is 0 Å². The van der Waals surface area contributed by atoms with E-state index < -0.39 is 0 Å². The highest BCUT2D eigenvalue weighted by Crippen LogP contribution is 2.28. The van der Waals surface area contributed by atoms with Crippen LogP contribution < -0.4 is 10.6 Å². The molecule has 2 N–H and O–H groups in total. The van der Waals surface area contributed by atoms with Crippen molar-refractivity contribution < 1.29 is 0 Å². The number of nitrogens with zero attached hydrogens (tertiary/aromatic N) is 2. The Morgan fingerprint density at radius 1 is 1.14 bits per heavy atom. The lowest BCUT2D eigenvalue weighted by atomic mass is 9.84. The van der Waals surface area contributed by atoms with E-state index in [9.17, 15) is 0 Å². The summed E-state index contributed by atoms with van der Waals surface area (Å²) in [5, 5.41) is 7.02. The van der Waals surface area contributed by atoms with Gasteiger partial charge in [0.05, 0.1) is 0 Å². The Kier molecular flexibility index (Phi) is 6.27. The predicted octanol–water partition coefficient (Wildman–Crippen LogP) is 4.24. The lowest BCUT2D eigenvalue weighted by Gasteiger charge is -2.29. The molecule has 4 nitrogen and oxygen atoms in total. The quantitative estimate of drug-likeness (QED) is 0.788. The third-order valence-electron chi connectivity index (χ3n) is 4.36. The summed E-state index contributed by atoms with van der Waals surface area (Å²) >= 11 is 0. The first-order valence-corrected chi connectivity index (χ1v) is 8.63. The van der Waals surface area contributed by atoms with Crippen LogP contribution in [0.3, 0.4) is 0 Å². The van der Waals surface area contributed by atoms with Gasteiger partial charge in [0.25, 0.3) is 0 Å². The molecular weight excluding hydrogens is 260 g/mol. The molecule has 0 amide bonds. The lowest BCUT2D eigenvalue weighted by molar-refractivity contribution is 0.327. The summed E-state index contributed by atoms with van der Waals surface area (Å²) in [5.41, 5.74) is 0. The number of rotatable bonds is 7. The number of nitrogens with one attached hydrogen (secondary N) is 2. The van der Waals surface area contributed by atoms with Crippen molar-refractivity contribution in [2.24, 2.45) is 5.92 Å². The molecule has 0 saturated heterocycles. The van der Waals surface area contributed by atoms with Gasteiger partial charge in [0.2, 0.25) is 0 Å². The molecule has 1 aromatic heterocycles. The van der Waals surface area contributed by atoms with Crippen LogP contribution in [0.2, 0.25) is 0 Å². The first-order valence-electron chi connectivity index (χ1n) is 8.63. The molecule has 1 saturated carbocycles. The first-order chi connectivity index (χ1) is 10.2. The van der Waals surface area contributed by atoms with E-state index in [0.717, 1.165) is 42.8 Å². The van der Waals surface area contributed by atoms with Gasteiger partial charge in [0, 0.05) is 25.1 Å². The fourth-order valence-corrected chi connectivity index (χ4v) is 3.07. The molecule has 0 aliphatic heterocycles. The Hall–Kier alpha value is -1.32. The van der Waals surface area contributed by atoms with E-state index in [1.54, 1.807) is 0 Å². The minimum absolute atomic E-state index is 0.572. The molecule has 1 aromatic rings. The second-order valence-electron chi connectivity index (χ2n) is 6.12. The SMILES string of the molecule is CCCNc1cc(NC2CCCC(CC)C2)nc(CC)n1. The normalized spacial score (nSPS) is 22.0. The topological polar surface area (TPSA) is 49.8 Å².